The number of carbonyl (C=O) groups is 3. The molecule has 0 atom stereocenters. The Morgan fingerprint density at radius 3 is 2.16 bits per heavy atom. The Hall–Kier alpha value is -5.11. The molecule has 0 bridgehead atoms. The molecule has 0 saturated carbocycles. The molecule has 186 valence electrons. The standard InChI is InChI=1S/C29H26N4O4/c1-2-17-30-27(34)22-11-14-25(15-12-22)31-29(36)33-32-28(35)23-9-7-20(8-10-23)19-37-26-16-13-21-5-3-4-6-24(21)18-26/h2-16,18H,1,17,19H2,(H,30,34)(H,32,35)(H2,31,33,36). The summed E-state index contributed by atoms with van der Waals surface area (Å²) in [6.45, 7) is 4.27. The van der Waals surface area contributed by atoms with Crippen molar-refractivity contribution in [3.05, 3.63) is 120 Å². The highest BCUT2D eigenvalue weighted by molar-refractivity contribution is 5.98. The van der Waals surface area contributed by atoms with Gasteiger partial charge in [-0.25, -0.2) is 10.2 Å². The van der Waals surface area contributed by atoms with E-state index in [-0.39, 0.29) is 5.91 Å². The fourth-order valence-corrected chi connectivity index (χ4v) is 3.50. The summed E-state index contributed by atoms with van der Waals surface area (Å²) in [6, 6.07) is 26.6. The van der Waals surface area contributed by atoms with Crippen LogP contribution in [0.15, 0.2) is 104 Å². The van der Waals surface area contributed by atoms with Crippen molar-refractivity contribution in [2.24, 2.45) is 0 Å². The van der Waals surface area contributed by atoms with Gasteiger partial charge >= 0.3 is 6.03 Å². The van der Waals surface area contributed by atoms with Crippen LogP contribution in [-0.4, -0.2) is 24.4 Å². The summed E-state index contributed by atoms with van der Waals surface area (Å²) in [5.41, 5.74) is 6.86. The zero-order valence-corrected chi connectivity index (χ0v) is 20.0. The van der Waals surface area contributed by atoms with E-state index in [0.717, 1.165) is 22.1 Å². The van der Waals surface area contributed by atoms with Crippen LogP contribution in [0.3, 0.4) is 0 Å². The van der Waals surface area contributed by atoms with Gasteiger partial charge in [0.2, 0.25) is 0 Å². The fraction of sp³-hybridized carbons (Fsp3) is 0.0690. The molecule has 37 heavy (non-hydrogen) atoms. The molecule has 4 aromatic rings. The van der Waals surface area contributed by atoms with Gasteiger partial charge in [-0.1, -0.05) is 48.5 Å². The molecule has 0 aromatic heterocycles. The number of ether oxygens (including phenoxy) is 1. The Labute approximate surface area is 214 Å². The van der Waals surface area contributed by atoms with Gasteiger partial charge in [-0.3, -0.25) is 15.0 Å². The quantitative estimate of drug-likeness (QED) is 0.208. The van der Waals surface area contributed by atoms with Gasteiger partial charge in [0.15, 0.2) is 0 Å². The summed E-state index contributed by atoms with van der Waals surface area (Å²) in [4.78, 5) is 36.4. The molecule has 8 nitrogen and oxygen atoms in total. The lowest BCUT2D eigenvalue weighted by Gasteiger charge is -2.10. The lowest BCUT2D eigenvalue weighted by Crippen LogP contribution is -2.43. The Balaban J connectivity index is 1.23. The van der Waals surface area contributed by atoms with Crippen molar-refractivity contribution in [2.75, 3.05) is 11.9 Å². The van der Waals surface area contributed by atoms with E-state index in [9.17, 15) is 14.4 Å². The van der Waals surface area contributed by atoms with Crippen molar-refractivity contribution in [1.29, 1.82) is 0 Å². The third kappa shape index (κ3) is 6.95. The minimum Gasteiger partial charge on any atom is -0.489 e. The third-order valence-electron chi connectivity index (χ3n) is 5.44. The van der Waals surface area contributed by atoms with Crippen LogP contribution in [0, 0.1) is 0 Å². The number of rotatable bonds is 8. The van der Waals surface area contributed by atoms with E-state index in [1.54, 1.807) is 54.6 Å². The normalized spacial score (nSPS) is 10.3. The first-order valence-electron chi connectivity index (χ1n) is 11.6. The number of hydrogen-bond acceptors (Lipinski definition) is 4. The summed E-state index contributed by atoms with van der Waals surface area (Å²) < 4.78 is 5.88. The minimum atomic E-state index is -0.627. The molecule has 0 aliphatic carbocycles. The Morgan fingerprint density at radius 2 is 1.43 bits per heavy atom. The smallest absolute Gasteiger partial charge is 0.337 e. The van der Waals surface area contributed by atoms with Crippen molar-refractivity contribution < 1.29 is 19.1 Å². The largest absolute Gasteiger partial charge is 0.489 e. The fourth-order valence-electron chi connectivity index (χ4n) is 3.50. The van der Waals surface area contributed by atoms with Crippen molar-refractivity contribution in [3.8, 4) is 5.75 Å². The number of nitrogens with one attached hydrogen (secondary N) is 4. The molecule has 0 saturated heterocycles. The molecule has 0 spiro atoms. The molecule has 0 aliphatic heterocycles. The lowest BCUT2D eigenvalue weighted by atomic mass is 10.1. The monoisotopic (exact) mass is 494 g/mol. The third-order valence-corrected chi connectivity index (χ3v) is 5.44. The van der Waals surface area contributed by atoms with E-state index in [0.29, 0.717) is 30.0 Å². The van der Waals surface area contributed by atoms with E-state index >= 15 is 0 Å². The minimum absolute atomic E-state index is 0.241. The van der Waals surface area contributed by atoms with Gasteiger partial charge in [0.25, 0.3) is 11.8 Å². The number of amides is 4. The molecule has 4 amide bonds. The SMILES string of the molecule is C=CCNC(=O)c1ccc(NC(=O)NNC(=O)c2ccc(COc3ccc4ccccc4c3)cc2)cc1. The maximum Gasteiger partial charge on any atom is 0.337 e. The molecule has 0 unspecified atom stereocenters. The van der Waals surface area contributed by atoms with Crippen molar-refractivity contribution in [2.45, 2.75) is 6.61 Å². The number of urea groups is 1. The summed E-state index contributed by atoms with van der Waals surface area (Å²) in [5.74, 6) is 0.0575. The highest BCUT2D eigenvalue weighted by atomic mass is 16.5. The predicted molar refractivity (Wildman–Crippen MR) is 143 cm³/mol. The second-order valence-electron chi connectivity index (χ2n) is 8.10. The second kappa shape index (κ2) is 12.0. The molecule has 0 aliphatic rings. The van der Waals surface area contributed by atoms with Crippen molar-refractivity contribution in [3.63, 3.8) is 0 Å². The van der Waals surface area contributed by atoms with Gasteiger partial charge in [0.1, 0.15) is 12.4 Å². The number of carbonyl (C=O) groups excluding carboxylic acids is 3. The van der Waals surface area contributed by atoms with Crippen LogP contribution in [0.4, 0.5) is 10.5 Å². The van der Waals surface area contributed by atoms with E-state index in [4.69, 9.17) is 4.74 Å². The first-order valence-corrected chi connectivity index (χ1v) is 11.6. The van der Waals surface area contributed by atoms with Gasteiger partial charge in [-0.2, -0.15) is 0 Å². The van der Waals surface area contributed by atoms with Crippen molar-refractivity contribution in [1.82, 2.24) is 16.2 Å². The number of anilines is 1. The van der Waals surface area contributed by atoms with Gasteiger partial charge in [0, 0.05) is 23.4 Å². The number of benzene rings is 4. The van der Waals surface area contributed by atoms with Gasteiger partial charge in [0.05, 0.1) is 0 Å². The topological polar surface area (TPSA) is 109 Å². The summed E-state index contributed by atoms with van der Waals surface area (Å²) in [7, 11) is 0. The average molecular weight is 495 g/mol. The number of hydrazine groups is 1. The summed E-state index contributed by atoms with van der Waals surface area (Å²) in [5, 5.41) is 7.50. The van der Waals surface area contributed by atoms with Gasteiger partial charge < -0.3 is 15.4 Å². The Morgan fingerprint density at radius 1 is 0.757 bits per heavy atom. The summed E-state index contributed by atoms with van der Waals surface area (Å²) in [6.07, 6.45) is 1.59. The molecule has 4 N–H and O–H groups in total. The van der Waals surface area contributed by atoms with Crippen molar-refractivity contribution >= 4 is 34.3 Å². The number of fused-ring (bicyclic) bond motifs is 1. The number of hydrogen-bond donors (Lipinski definition) is 4. The van der Waals surface area contributed by atoms with Crippen LogP contribution in [0.1, 0.15) is 26.3 Å². The van der Waals surface area contributed by atoms with Crippen LogP contribution < -0.4 is 26.2 Å². The van der Waals surface area contributed by atoms with Gasteiger partial charge in [-0.15, -0.1) is 6.58 Å². The maximum atomic E-state index is 12.4. The van der Waals surface area contributed by atoms with Crippen LogP contribution in [0.5, 0.6) is 5.75 Å². The van der Waals surface area contributed by atoms with Crippen LogP contribution >= 0.6 is 0 Å². The molecular formula is C29H26N4O4. The van der Waals surface area contributed by atoms with E-state index in [1.807, 2.05) is 42.5 Å². The maximum absolute atomic E-state index is 12.4. The molecule has 0 radical (unpaired) electrons. The van der Waals surface area contributed by atoms with Crippen LogP contribution in [0.25, 0.3) is 10.8 Å². The van der Waals surface area contributed by atoms with E-state index in [1.165, 1.54) is 0 Å². The predicted octanol–water partition coefficient (Wildman–Crippen LogP) is 4.80. The Bertz CT molecular complexity index is 1420. The lowest BCUT2D eigenvalue weighted by molar-refractivity contribution is 0.0935. The molecule has 0 fully saturated rings. The highest BCUT2D eigenvalue weighted by Crippen LogP contribution is 2.21. The second-order valence-corrected chi connectivity index (χ2v) is 8.10. The zero-order chi connectivity index (χ0) is 26.0. The van der Waals surface area contributed by atoms with Crippen LogP contribution in [-0.2, 0) is 6.61 Å². The Kier molecular flexibility index (Phi) is 8.13. The first kappa shape index (κ1) is 25.0. The molecular weight excluding hydrogens is 468 g/mol. The first-order chi connectivity index (χ1) is 18.0. The zero-order valence-electron chi connectivity index (χ0n) is 20.0. The van der Waals surface area contributed by atoms with E-state index < -0.39 is 11.9 Å². The van der Waals surface area contributed by atoms with Gasteiger partial charge in [-0.05, 0) is 64.9 Å². The summed E-state index contributed by atoms with van der Waals surface area (Å²) >= 11 is 0. The molecule has 4 aromatic carbocycles. The molecule has 4 rings (SSSR count). The van der Waals surface area contributed by atoms with Crippen LogP contribution in [0.2, 0.25) is 0 Å². The molecule has 8 heteroatoms. The molecule has 0 heterocycles. The highest BCUT2D eigenvalue weighted by Gasteiger charge is 2.09. The van der Waals surface area contributed by atoms with E-state index in [2.05, 4.69) is 28.1 Å². The average Bonchev–Trinajstić information content (AvgIpc) is 2.94.